The van der Waals surface area contributed by atoms with E-state index in [0.717, 1.165) is 22.4 Å². The summed E-state index contributed by atoms with van der Waals surface area (Å²) in [5.41, 5.74) is -0.118. The minimum atomic E-state index is -4.85. The number of aromatic carboxylic acids is 1. The van der Waals surface area contributed by atoms with Gasteiger partial charge in [0.25, 0.3) is 5.91 Å². The number of aromatic nitrogens is 3. The molecule has 0 radical (unpaired) electrons. The molecule has 3 aromatic carbocycles. The van der Waals surface area contributed by atoms with Crippen LogP contribution in [0.2, 0.25) is 5.02 Å². The highest BCUT2D eigenvalue weighted by atomic mass is 35.5. The quantitative estimate of drug-likeness (QED) is 0.280. The van der Waals surface area contributed by atoms with E-state index in [1.54, 1.807) is 48.8 Å². The zero-order valence-corrected chi connectivity index (χ0v) is 19.5. The Labute approximate surface area is 212 Å². The van der Waals surface area contributed by atoms with Gasteiger partial charge in [-0.2, -0.15) is 23.0 Å². The second-order valence-electron chi connectivity index (χ2n) is 8.04. The molecular formula is C27H15ClF3N3O3. The van der Waals surface area contributed by atoms with Crippen molar-refractivity contribution in [3.05, 3.63) is 107 Å². The number of hydrogen-bond acceptors (Lipinski definition) is 4. The molecule has 0 fully saturated rings. The normalized spacial score (nSPS) is 11.6. The van der Waals surface area contributed by atoms with Gasteiger partial charge < -0.3 is 5.11 Å². The van der Waals surface area contributed by atoms with Gasteiger partial charge in [-0.25, -0.2) is 4.79 Å². The van der Waals surface area contributed by atoms with Gasteiger partial charge in [-0.3, -0.25) is 9.78 Å². The minimum absolute atomic E-state index is 0.0755. The zero-order chi connectivity index (χ0) is 26.3. The van der Waals surface area contributed by atoms with Gasteiger partial charge in [0, 0.05) is 23.3 Å². The van der Waals surface area contributed by atoms with Crippen molar-refractivity contribution in [1.82, 2.24) is 14.8 Å². The van der Waals surface area contributed by atoms with Crippen LogP contribution >= 0.6 is 11.6 Å². The molecule has 5 aromatic rings. The predicted molar refractivity (Wildman–Crippen MR) is 132 cm³/mol. The first-order valence-electron chi connectivity index (χ1n) is 10.8. The van der Waals surface area contributed by atoms with E-state index in [0.29, 0.717) is 10.9 Å². The molecule has 0 spiro atoms. The second-order valence-corrected chi connectivity index (χ2v) is 8.45. The largest absolute Gasteiger partial charge is 0.478 e. The van der Waals surface area contributed by atoms with E-state index in [4.69, 9.17) is 11.6 Å². The Morgan fingerprint density at radius 3 is 2.32 bits per heavy atom. The third kappa shape index (κ3) is 4.34. The Bertz CT molecular complexity index is 1680. The summed E-state index contributed by atoms with van der Waals surface area (Å²) in [5, 5.41) is 14.0. The van der Waals surface area contributed by atoms with Gasteiger partial charge in [0.15, 0.2) is 0 Å². The Morgan fingerprint density at radius 2 is 1.62 bits per heavy atom. The van der Waals surface area contributed by atoms with Crippen LogP contribution in [-0.4, -0.2) is 31.7 Å². The maximum absolute atomic E-state index is 13.8. The molecule has 0 aliphatic carbocycles. The molecule has 6 nitrogen and oxygen atoms in total. The van der Waals surface area contributed by atoms with Gasteiger partial charge >= 0.3 is 12.1 Å². The lowest BCUT2D eigenvalue weighted by atomic mass is 9.99. The summed E-state index contributed by atoms with van der Waals surface area (Å²) in [6.45, 7) is 0. The first-order chi connectivity index (χ1) is 17.7. The van der Waals surface area contributed by atoms with Gasteiger partial charge in [0.2, 0.25) is 0 Å². The summed E-state index contributed by atoms with van der Waals surface area (Å²) in [5.74, 6) is -2.32. The van der Waals surface area contributed by atoms with Gasteiger partial charge in [0.1, 0.15) is 5.69 Å². The Morgan fingerprint density at radius 1 is 0.892 bits per heavy atom. The molecule has 37 heavy (non-hydrogen) atoms. The number of alkyl halides is 3. The average molecular weight is 522 g/mol. The minimum Gasteiger partial charge on any atom is -0.478 e. The van der Waals surface area contributed by atoms with E-state index in [1.807, 2.05) is 0 Å². The van der Waals surface area contributed by atoms with Crippen molar-refractivity contribution in [3.63, 3.8) is 0 Å². The molecule has 0 atom stereocenters. The van der Waals surface area contributed by atoms with Crippen LogP contribution in [0.15, 0.2) is 85.2 Å². The van der Waals surface area contributed by atoms with Crippen molar-refractivity contribution in [2.75, 3.05) is 0 Å². The summed E-state index contributed by atoms with van der Waals surface area (Å²) in [7, 11) is 0. The topological polar surface area (TPSA) is 85.1 Å². The first kappa shape index (κ1) is 24.2. The molecule has 0 aliphatic heterocycles. The molecule has 2 heterocycles. The molecule has 1 N–H and O–H groups in total. The van der Waals surface area contributed by atoms with E-state index in [9.17, 15) is 27.9 Å². The smallest absolute Gasteiger partial charge is 0.417 e. The van der Waals surface area contributed by atoms with Crippen LogP contribution in [0.1, 0.15) is 26.3 Å². The highest BCUT2D eigenvalue weighted by Gasteiger charge is 2.37. The number of benzene rings is 3. The molecule has 5 rings (SSSR count). The number of rotatable bonds is 4. The number of fused-ring (bicyclic) bond motifs is 1. The summed E-state index contributed by atoms with van der Waals surface area (Å²) in [4.78, 5) is 29.5. The standard InChI is InChI=1S/C27H15ClF3N3O3/c28-21-7-3-6-20(27(29,30)31)23(21)25(35)34-22-14-16(15-10-12-32-13-11-15)8-9-19(22)24(33-34)17-4-1-2-5-18(17)26(36)37/h1-14H,(H,36,37). The SMILES string of the molecule is O=C(O)c1ccccc1-c1nn(C(=O)c2c(Cl)cccc2C(F)(F)F)c2cc(-c3ccncc3)ccc12. The molecule has 0 saturated heterocycles. The maximum atomic E-state index is 13.8. The van der Waals surface area contributed by atoms with E-state index >= 15 is 0 Å². The lowest BCUT2D eigenvalue weighted by molar-refractivity contribution is -0.137. The van der Waals surface area contributed by atoms with Crippen LogP contribution in [0, 0.1) is 0 Å². The van der Waals surface area contributed by atoms with E-state index in [-0.39, 0.29) is 27.4 Å². The zero-order valence-electron chi connectivity index (χ0n) is 18.7. The van der Waals surface area contributed by atoms with Gasteiger partial charge in [-0.05, 0) is 53.6 Å². The Hall–Kier alpha value is -4.50. The molecule has 0 amide bonds. The van der Waals surface area contributed by atoms with Crippen LogP contribution in [0.25, 0.3) is 33.3 Å². The molecule has 0 aliphatic rings. The van der Waals surface area contributed by atoms with E-state index < -0.39 is 29.2 Å². The fourth-order valence-electron chi connectivity index (χ4n) is 4.15. The fraction of sp³-hybridized carbons (Fsp3) is 0.0370. The number of carboxylic acids is 1. The van der Waals surface area contributed by atoms with Crippen LogP contribution < -0.4 is 0 Å². The lowest BCUT2D eigenvalue weighted by Crippen LogP contribution is -2.20. The molecule has 10 heteroatoms. The van der Waals surface area contributed by atoms with Crippen molar-refractivity contribution >= 4 is 34.4 Å². The number of carbonyl (C=O) groups is 2. The molecule has 0 bridgehead atoms. The second kappa shape index (κ2) is 9.18. The summed E-state index contributed by atoms with van der Waals surface area (Å²) in [6.07, 6.45) is -1.69. The number of nitrogens with zero attached hydrogens (tertiary/aromatic N) is 3. The fourth-order valence-corrected chi connectivity index (χ4v) is 4.41. The first-order valence-corrected chi connectivity index (χ1v) is 11.2. The van der Waals surface area contributed by atoms with Crippen molar-refractivity contribution < 1.29 is 27.9 Å². The van der Waals surface area contributed by atoms with Gasteiger partial charge in [0.05, 0.1) is 27.2 Å². The van der Waals surface area contributed by atoms with E-state index in [1.165, 1.54) is 24.3 Å². The van der Waals surface area contributed by atoms with E-state index in [2.05, 4.69) is 10.1 Å². The lowest BCUT2D eigenvalue weighted by Gasteiger charge is -2.13. The van der Waals surface area contributed by atoms with Crippen LogP contribution in [0.5, 0.6) is 0 Å². The third-order valence-electron chi connectivity index (χ3n) is 5.83. The van der Waals surface area contributed by atoms with Crippen LogP contribution in [-0.2, 0) is 6.18 Å². The monoisotopic (exact) mass is 521 g/mol. The molecule has 0 unspecified atom stereocenters. The molecule has 2 aromatic heterocycles. The number of hydrogen-bond donors (Lipinski definition) is 1. The van der Waals surface area contributed by atoms with Crippen molar-refractivity contribution in [1.29, 1.82) is 0 Å². The summed E-state index contributed by atoms with van der Waals surface area (Å²) >= 11 is 6.10. The van der Waals surface area contributed by atoms with Crippen LogP contribution in [0.4, 0.5) is 13.2 Å². The van der Waals surface area contributed by atoms with Gasteiger partial charge in [-0.15, -0.1) is 0 Å². The van der Waals surface area contributed by atoms with Crippen molar-refractivity contribution in [2.24, 2.45) is 0 Å². The molecule has 184 valence electrons. The highest BCUT2D eigenvalue weighted by molar-refractivity contribution is 6.34. The predicted octanol–water partition coefficient (Wildman–Crippen LogP) is 6.82. The van der Waals surface area contributed by atoms with Crippen LogP contribution in [0.3, 0.4) is 0 Å². The molecule has 0 saturated carbocycles. The molecular weight excluding hydrogens is 507 g/mol. The van der Waals surface area contributed by atoms with Gasteiger partial charge in [-0.1, -0.05) is 41.9 Å². The number of carbonyl (C=O) groups excluding carboxylic acids is 1. The van der Waals surface area contributed by atoms with Crippen molar-refractivity contribution in [2.45, 2.75) is 6.18 Å². The maximum Gasteiger partial charge on any atom is 0.417 e. The third-order valence-corrected chi connectivity index (χ3v) is 6.15. The summed E-state index contributed by atoms with van der Waals surface area (Å²) < 4.78 is 42.2. The number of pyridine rings is 1. The average Bonchev–Trinajstić information content (AvgIpc) is 3.27. The highest BCUT2D eigenvalue weighted by Crippen LogP contribution is 2.38. The number of halogens is 4. The number of carboxylic acid groups (broad SMARTS) is 1. The Kier molecular flexibility index (Phi) is 6.01. The Balaban J connectivity index is 1.82. The summed E-state index contributed by atoms with van der Waals surface area (Å²) in [6, 6.07) is 17.6. The van der Waals surface area contributed by atoms with Crippen molar-refractivity contribution in [3.8, 4) is 22.4 Å².